The van der Waals surface area contributed by atoms with Crippen LogP contribution >= 0.6 is 22.7 Å². The van der Waals surface area contributed by atoms with Gasteiger partial charge >= 0.3 is 0 Å². The first kappa shape index (κ1) is 22.0. The molecule has 3 aromatic heterocycles. The van der Waals surface area contributed by atoms with Gasteiger partial charge in [0, 0.05) is 25.0 Å². The number of nitrogens with zero attached hydrogens (tertiary/aromatic N) is 4. The van der Waals surface area contributed by atoms with Gasteiger partial charge in [-0.1, -0.05) is 32.1 Å². The Labute approximate surface area is 188 Å². The lowest BCUT2D eigenvalue weighted by atomic mass is 9.72. The van der Waals surface area contributed by atoms with Crippen LogP contribution in [0.5, 0.6) is 0 Å². The van der Waals surface area contributed by atoms with Crippen molar-refractivity contribution in [1.82, 2.24) is 19.7 Å². The van der Waals surface area contributed by atoms with E-state index in [-0.39, 0.29) is 29.8 Å². The monoisotopic (exact) mass is 461 g/mol. The number of ether oxygens (including phenoxy) is 1. The molecule has 1 unspecified atom stereocenters. The first-order valence-corrected chi connectivity index (χ1v) is 12.0. The molecule has 1 aliphatic carbocycles. The molecule has 0 bridgehead atoms. The lowest BCUT2D eigenvalue weighted by Crippen LogP contribution is -2.27. The summed E-state index contributed by atoms with van der Waals surface area (Å²) < 4.78 is 6.55. The minimum Gasteiger partial charge on any atom is -0.377 e. The molecule has 8 nitrogen and oxygen atoms in total. The van der Waals surface area contributed by atoms with Gasteiger partial charge in [-0.3, -0.25) is 14.2 Å². The molecule has 166 valence electrons. The summed E-state index contributed by atoms with van der Waals surface area (Å²) >= 11 is 2.92. The first-order valence-electron chi connectivity index (χ1n) is 10.4. The Balaban J connectivity index is 1.47. The standard InChI is InChI=1S/C21H27N5O3S2/c1-21(2,3)12-5-6-13-14(9-12)30-18-17(13)19(28)26(11-22-18)8-7-15(27)23-20-25-24-16(31-20)10-29-4/h11-12H,5-10H2,1-4H3,(H,23,25,27). The van der Waals surface area contributed by atoms with E-state index in [4.69, 9.17) is 4.74 Å². The van der Waals surface area contributed by atoms with Crippen LogP contribution in [0.15, 0.2) is 11.1 Å². The fourth-order valence-corrected chi connectivity index (χ4v) is 5.98. The quantitative estimate of drug-likeness (QED) is 0.602. The third-order valence-electron chi connectivity index (χ3n) is 5.82. The number of hydrogen-bond acceptors (Lipinski definition) is 8. The highest BCUT2D eigenvalue weighted by molar-refractivity contribution is 7.18. The molecular formula is C21H27N5O3S2. The number of rotatable bonds is 6. The molecule has 0 spiro atoms. The second-order valence-corrected chi connectivity index (χ2v) is 11.1. The minimum absolute atomic E-state index is 0.0530. The molecule has 0 aromatic carbocycles. The second-order valence-electron chi connectivity index (χ2n) is 8.96. The Kier molecular flexibility index (Phi) is 6.23. The Hall–Kier alpha value is -2.17. The van der Waals surface area contributed by atoms with E-state index >= 15 is 0 Å². The Morgan fingerprint density at radius 1 is 1.32 bits per heavy atom. The van der Waals surface area contributed by atoms with Crippen LogP contribution in [0.2, 0.25) is 0 Å². The van der Waals surface area contributed by atoms with Gasteiger partial charge < -0.3 is 10.1 Å². The van der Waals surface area contributed by atoms with Crippen LogP contribution in [0.25, 0.3) is 10.2 Å². The number of methoxy groups -OCH3 is 1. The number of fused-ring (bicyclic) bond motifs is 3. The topological polar surface area (TPSA) is 99.0 Å². The highest BCUT2D eigenvalue weighted by atomic mass is 32.1. The first-order chi connectivity index (χ1) is 14.8. The fourth-order valence-electron chi connectivity index (χ4n) is 3.99. The fraction of sp³-hybridized carbons (Fsp3) is 0.571. The maximum absolute atomic E-state index is 13.1. The molecule has 3 aromatic rings. The summed E-state index contributed by atoms with van der Waals surface area (Å²) in [4.78, 5) is 32.1. The van der Waals surface area contributed by atoms with Crippen LogP contribution in [-0.2, 0) is 35.5 Å². The second kappa shape index (κ2) is 8.76. The summed E-state index contributed by atoms with van der Waals surface area (Å²) in [6.45, 7) is 7.48. The van der Waals surface area contributed by atoms with Crippen molar-refractivity contribution >= 4 is 43.9 Å². The van der Waals surface area contributed by atoms with Crippen molar-refractivity contribution < 1.29 is 9.53 Å². The van der Waals surface area contributed by atoms with Crippen molar-refractivity contribution in [3.8, 4) is 0 Å². The third kappa shape index (κ3) is 4.70. The van der Waals surface area contributed by atoms with Gasteiger partial charge in [0.25, 0.3) is 5.56 Å². The molecule has 3 heterocycles. The zero-order valence-electron chi connectivity index (χ0n) is 18.2. The molecule has 0 saturated carbocycles. The molecule has 1 N–H and O–H groups in total. The molecule has 4 rings (SSSR count). The number of aryl methyl sites for hydroxylation is 2. The summed E-state index contributed by atoms with van der Waals surface area (Å²) in [6.07, 6.45) is 4.73. The summed E-state index contributed by atoms with van der Waals surface area (Å²) in [6, 6.07) is 0. The lowest BCUT2D eigenvalue weighted by Gasteiger charge is -2.33. The van der Waals surface area contributed by atoms with Gasteiger partial charge in [0.1, 0.15) is 16.4 Å². The SMILES string of the molecule is COCc1nnc(NC(=O)CCn2cnc3sc4c(c3c2=O)CCC(C(C)(C)C)C4)s1. The van der Waals surface area contributed by atoms with Crippen LogP contribution in [0.3, 0.4) is 0 Å². The largest absolute Gasteiger partial charge is 0.377 e. The predicted molar refractivity (Wildman–Crippen MR) is 123 cm³/mol. The van der Waals surface area contributed by atoms with Crippen molar-refractivity contribution in [3.05, 3.63) is 32.1 Å². The van der Waals surface area contributed by atoms with Gasteiger partial charge in [-0.05, 0) is 36.2 Å². The van der Waals surface area contributed by atoms with E-state index in [1.54, 1.807) is 29.3 Å². The van der Waals surface area contributed by atoms with Gasteiger partial charge in [-0.25, -0.2) is 4.98 Å². The lowest BCUT2D eigenvalue weighted by molar-refractivity contribution is -0.116. The predicted octanol–water partition coefficient (Wildman–Crippen LogP) is 3.64. The molecule has 31 heavy (non-hydrogen) atoms. The summed E-state index contributed by atoms with van der Waals surface area (Å²) in [7, 11) is 1.58. The average Bonchev–Trinajstić information content (AvgIpc) is 3.30. The summed E-state index contributed by atoms with van der Waals surface area (Å²) in [5, 5.41) is 12.5. The number of carbonyl (C=O) groups excluding carboxylic acids is 1. The molecule has 1 aliphatic rings. The minimum atomic E-state index is -0.215. The Bertz CT molecular complexity index is 1160. The van der Waals surface area contributed by atoms with Crippen LogP contribution in [0, 0.1) is 11.3 Å². The summed E-state index contributed by atoms with van der Waals surface area (Å²) in [5.74, 6) is 0.399. The molecule has 1 amide bonds. The van der Waals surface area contributed by atoms with E-state index in [0.717, 1.165) is 35.0 Å². The van der Waals surface area contributed by atoms with Gasteiger partial charge in [-0.15, -0.1) is 21.5 Å². The number of anilines is 1. The Morgan fingerprint density at radius 2 is 2.13 bits per heavy atom. The smallest absolute Gasteiger partial charge is 0.262 e. The maximum Gasteiger partial charge on any atom is 0.262 e. The molecule has 0 saturated heterocycles. The van der Waals surface area contributed by atoms with E-state index in [2.05, 4.69) is 41.3 Å². The number of thiophene rings is 1. The van der Waals surface area contributed by atoms with Gasteiger partial charge in [0.05, 0.1) is 11.7 Å². The number of aromatic nitrogens is 4. The highest BCUT2D eigenvalue weighted by Gasteiger charge is 2.31. The molecule has 10 heteroatoms. The van der Waals surface area contributed by atoms with Crippen LogP contribution in [0.1, 0.15) is 49.1 Å². The number of nitrogens with one attached hydrogen (secondary N) is 1. The van der Waals surface area contributed by atoms with E-state index < -0.39 is 0 Å². The van der Waals surface area contributed by atoms with E-state index in [1.807, 2.05) is 0 Å². The Morgan fingerprint density at radius 3 is 2.87 bits per heavy atom. The van der Waals surface area contributed by atoms with Crippen molar-refractivity contribution in [3.63, 3.8) is 0 Å². The van der Waals surface area contributed by atoms with Crippen molar-refractivity contribution in [1.29, 1.82) is 0 Å². The third-order valence-corrected chi connectivity index (χ3v) is 7.80. The molecule has 0 aliphatic heterocycles. The van der Waals surface area contributed by atoms with Crippen LogP contribution < -0.4 is 10.9 Å². The molecule has 1 atom stereocenters. The van der Waals surface area contributed by atoms with Gasteiger partial charge in [0.15, 0.2) is 0 Å². The summed E-state index contributed by atoms with van der Waals surface area (Å²) in [5.41, 5.74) is 1.37. The number of hydrogen-bond donors (Lipinski definition) is 1. The van der Waals surface area contributed by atoms with Crippen molar-refractivity contribution in [2.45, 2.75) is 59.6 Å². The van der Waals surface area contributed by atoms with Crippen molar-refractivity contribution in [2.75, 3.05) is 12.4 Å². The maximum atomic E-state index is 13.1. The van der Waals surface area contributed by atoms with Crippen LogP contribution in [0.4, 0.5) is 5.13 Å². The number of amides is 1. The number of carbonyl (C=O) groups is 1. The highest BCUT2D eigenvalue weighted by Crippen LogP contribution is 2.41. The van der Waals surface area contributed by atoms with Crippen molar-refractivity contribution in [2.24, 2.45) is 11.3 Å². The molecule has 0 radical (unpaired) electrons. The van der Waals surface area contributed by atoms with Gasteiger partial charge in [-0.2, -0.15) is 0 Å². The van der Waals surface area contributed by atoms with E-state index in [1.165, 1.54) is 16.2 Å². The normalized spacial score (nSPS) is 16.5. The van der Waals surface area contributed by atoms with Gasteiger partial charge in [0.2, 0.25) is 11.0 Å². The van der Waals surface area contributed by atoms with Crippen LogP contribution in [-0.4, -0.2) is 32.8 Å². The molecular weight excluding hydrogens is 434 g/mol. The molecule has 0 fully saturated rings. The zero-order chi connectivity index (χ0) is 22.2. The van der Waals surface area contributed by atoms with E-state index in [0.29, 0.717) is 22.7 Å². The average molecular weight is 462 g/mol. The van der Waals surface area contributed by atoms with E-state index in [9.17, 15) is 9.59 Å². The zero-order valence-corrected chi connectivity index (χ0v) is 19.9.